The van der Waals surface area contributed by atoms with E-state index >= 15 is 0 Å². The Hall–Kier alpha value is -1.92. The van der Waals surface area contributed by atoms with Crippen molar-refractivity contribution in [3.63, 3.8) is 0 Å². The Morgan fingerprint density at radius 3 is 2.77 bits per heavy atom. The summed E-state index contributed by atoms with van der Waals surface area (Å²) in [5.41, 5.74) is 0. The fourth-order valence-electron chi connectivity index (χ4n) is 0.902. The lowest BCUT2D eigenvalue weighted by Gasteiger charge is -1.92. The number of aryl methyl sites for hydroxylation is 1. The van der Waals surface area contributed by atoms with Gasteiger partial charge in [0, 0.05) is 6.54 Å². The van der Waals surface area contributed by atoms with Crippen LogP contribution in [-0.2, 0) is 6.54 Å². The highest BCUT2D eigenvalue weighted by Crippen LogP contribution is 2.10. The second kappa shape index (κ2) is 3.21. The first kappa shape index (κ1) is 9.17. The molecular weight excluding hydrogens is 178 g/mol. The summed E-state index contributed by atoms with van der Waals surface area (Å²) in [4.78, 5) is 23.4. The van der Waals surface area contributed by atoms with Crippen molar-refractivity contribution in [2.75, 3.05) is 0 Å². The van der Waals surface area contributed by atoms with Crippen molar-refractivity contribution in [3.05, 3.63) is 22.1 Å². The number of hydrogen-bond donors (Lipinski definition) is 1. The zero-order valence-corrected chi connectivity index (χ0v) is 6.80. The van der Waals surface area contributed by atoms with Gasteiger partial charge in [-0.3, -0.25) is 4.57 Å². The van der Waals surface area contributed by atoms with Crippen LogP contribution in [0.2, 0.25) is 0 Å². The van der Waals surface area contributed by atoms with E-state index in [9.17, 15) is 14.9 Å². The highest BCUT2D eigenvalue weighted by atomic mass is 16.6. The van der Waals surface area contributed by atoms with Crippen LogP contribution in [0.4, 0.5) is 5.82 Å². The average molecular weight is 185 g/mol. The molecule has 0 bridgehead atoms. The number of carboxylic acid groups (broad SMARTS) is 1. The van der Waals surface area contributed by atoms with Crippen molar-refractivity contribution >= 4 is 11.8 Å². The Kier molecular flexibility index (Phi) is 2.27. The molecule has 7 nitrogen and oxygen atoms in total. The first-order valence-electron chi connectivity index (χ1n) is 3.51. The molecule has 0 saturated heterocycles. The van der Waals surface area contributed by atoms with Crippen LogP contribution >= 0.6 is 0 Å². The molecule has 1 N–H and O–H groups in total. The second-order valence-corrected chi connectivity index (χ2v) is 2.27. The van der Waals surface area contributed by atoms with Gasteiger partial charge >= 0.3 is 17.6 Å². The number of nitro groups is 1. The fraction of sp³-hybridized carbons (Fsp3) is 0.333. The van der Waals surface area contributed by atoms with Crippen LogP contribution in [0.25, 0.3) is 0 Å². The molecule has 1 aromatic rings. The van der Waals surface area contributed by atoms with Gasteiger partial charge in [-0.15, -0.1) is 0 Å². The van der Waals surface area contributed by atoms with E-state index in [0.29, 0.717) is 6.54 Å². The Morgan fingerprint density at radius 1 is 1.85 bits per heavy atom. The van der Waals surface area contributed by atoms with Gasteiger partial charge in [-0.05, 0) is 16.8 Å². The van der Waals surface area contributed by atoms with Gasteiger partial charge in [0.2, 0.25) is 0 Å². The van der Waals surface area contributed by atoms with Crippen LogP contribution in [0.1, 0.15) is 17.5 Å². The average Bonchev–Trinajstić information content (AvgIpc) is 2.47. The summed E-state index contributed by atoms with van der Waals surface area (Å²) < 4.78 is 1.21. The molecule has 1 heterocycles. The fourth-order valence-corrected chi connectivity index (χ4v) is 0.902. The maximum absolute atomic E-state index is 10.5. The van der Waals surface area contributed by atoms with Crippen molar-refractivity contribution in [3.8, 4) is 0 Å². The Morgan fingerprint density at radius 2 is 2.46 bits per heavy atom. The SMILES string of the molecule is CCn1cc([N+](=O)[O-])nc1C(=O)O. The first-order valence-corrected chi connectivity index (χ1v) is 3.51. The molecule has 0 atom stereocenters. The highest BCUT2D eigenvalue weighted by molar-refractivity contribution is 5.84. The van der Waals surface area contributed by atoms with E-state index in [1.807, 2.05) is 0 Å². The maximum atomic E-state index is 10.5. The number of aromatic nitrogens is 2. The van der Waals surface area contributed by atoms with Crippen molar-refractivity contribution < 1.29 is 14.8 Å². The number of imidazole rings is 1. The van der Waals surface area contributed by atoms with Gasteiger partial charge in [0.15, 0.2) is 0 Å². The van der Waals surface area contributed by atoms with Gasteiger partial charge in [-0.2, -0.15) is 0 Å². The van der Waals surface area contributed by atoms with Gasteiger partial charge in [-0.1, -0.05) is 0 Å². The van der Waals surface area contributed by atoms with Gasteiger partial charge in [0.25, 0.3) is 0 Å². The summed E-state index contributed by atoms with van der Waals surface area (Å²) >= 11 is 0. The molecule has 1 aromatic heterocycles. The van der Waals surface area contributed by atoms with Crippen molar-refractivity contribution in [2.24, 2.45) is 0 Å². The summed E-state index contributed by atoms with van der Waals surface area (Å²) in [5, 5.41) is 18.8. The molecule has 0 aromatic carbocycles. The number of aromatic carboxylic acids is 1. The standard InChI is InChI=1S/C6H7N3O4/c1-2-8-3-4(9(12)13)7-5(8)6(10)11/h3H,2H2,1H3,(H,10,11). The van der Waals surface area contributed by atoms with Gasteiger partial charge in [-0.25, -0.2) is 4.79 Å². The third-order valence-electron chi connectivity index (χ3n) is 1.48. The molecule has 0 saturated carbocycles. The van der Waals surface area contributed by atoms with E-state index in [1.165, 1.54) is 4.57 Å². The number of hydrogen-bond acceptors (Lipinski definition) is 4. The summed E-state index contributed by atoms with van der Waals surface area (Å²) in [6.45, 7) is 2.01. The molecule has 0 aliphatic rings. The van der Waals surface area contributed by atoms with Crippen molar-refractivity contribution in [2.45, 2.75) is 13.5 Å². The molecule has 1 rings (SSSR count). The van der Waals surface area contributed by atoms with Gasteiger partial charge < -0.3 is 15.2 Å². The summed E-state index contributed by atoms with van der Waals surface area (Å²) in [6.07, 6.45) is 1.10. The van der Waals surface area contributed by atoms with Gasteiger partial charge in [0.05, 0.1) is 0 Å². The zero-order chi connectivity index (χ0) is 10.0. The molecule has 0 unspecified atom stereocenters. The predicted molar refractivity (Wildman–Crippen MR) is 41.5 cm³/mol. The van der Waals surface area contributed by atoms with E-state index in [0.717, 1.165) is 6.20 Å². The Bertz CT molecular complexity index is 357. The lowest BCUT2D eigenvalue weighted by Crippen LogP contribution is -2.07. The maximum Gasteiger partial charge on any atom is 0.399 e. The normalized spacial score (nSPS) is 9.92. The van der Waals surface area contributed by atoms with Crippen LogP contribution < -0.4 is 0 Å². The van der Waals surface area contributed by atoms with Crippen LogP contribution in [0.15, 0.2) is 6.20 Å². The summed E-state index contributed by atoms with van der Waals surface area (Å²) in [7, 11) is 0. The summed E-state index contributed by atoms with van der Waals surface area (Å²) in [5.74, 6) is -2.02. The molecule has 0 aliphatic carbocycles. The molecule has 0 aliphatic heterocycles. The third-order valence-corrected chi connectivity index (χ3v) is 1.48. The van der Waals surface area contributed by atoms with E-state index in [2.05, 4.69) is 4.98 Å². The van der Waals surface area contributed by atoms with Crippen molar-refractivity contribution in [1.29, 1.82) is 0 Å². The predicted octanol–water partition coefficient (Wildman–Crippen LogP) is 0.509. The third kappa shape index (κ3) is 1.63. The van der Waals surface area contributed by atoms with E-state index in [1.54, 1.807) is 6.92 Å². The zero-order valence-electron chi connectivity index (χ0n) is 6.80. The van der Waals surface area contributed by atoms with E-state index in [4.69, 9.17) is 5.11 Å². The largest absolute Gasteiger partial charge is 0.474 e. The van der Waals surface area contributed by atoms with E-state index in [-0.39, 0.29) is 5.82 Å². The van der Waals surface area contributed by atoms with E-state index < -0.39 is 16.7 Å². The minimum atomic E-state index is -1.27. The molecule has 13 heavy (non-hydrogen) atoms. The Balaban J connectivity index is 3.19. The minimum absolute atomic E-state index is 0.311. The lowest BCUT2D eigenvalue weighted by atomic mass is 10.6. The highest BCUT2D eigenvalue weighted by Gasteiger charge is 2.23. The topological polar surface area (TPSA) is 98.3 Å². The molecule has 0 spiro atoms. The Labute approximate surface area is 72.8 Å². The van der Waals surface area contributed by atoms with Crippen molar-refractivity contribution in [1.82, 2.24) is 9.55 Å². The van der Waals surface area contributed by atoms with Crippen LogP contribution in [0.3, 0.4) is 0 Å². The first-order chi connectivity index (χ1) is 6.06. The van der Waals surface area contributed by atoms with Crippen LogP contribution in [-0.4, -0.2) is 25.6 Å². The monoisotopic (exact) mass is 185 g/mol. The smallest absolute Gasteiger partial charge is 0.399 e. The van der Waals surface area contributed by atoms with Crippen LogP contribution in [0, 0.1) is 10.1 Å². The molecule has 7 heteroatoms. The molecule has 0 fully saturated rings. The van der Waals surface area contributed by atoms with Gasteiger partial charge in [0.1, 0.15) is 6.20 Å². The molecule has 0 amide bonds. The number of carboxylic acids is 1. The number of carbonyl (C=O) groups is 1. The molecular formula is C6H7N3O4. The quantitative estimate of drug-likeness (QED) is 0.546. The number of rotatable bonds is 3. The molecule has 70 valence electrons. The second-order valence-electron chi connectivity index (χ2n) is 2.27. The molecule has 0 radical (unpaired) electrons. The summed E-state index contributed by atoms with van der Waals surface area (Å²) in [6, 6.07) is 0. The minimum Gasteiger partial charge on any atom is -0.474 e. The number of nitrogens with zero attached hydrogens (tertiary/aromatic N) is 3. The lowest BCUT2D eigenvalue weighted by molar-refractivity contribution is -0.389. The van der Waals surface area contributed by atoms with Crippen LogP contribution in [0.5, 0.6) is 0 Å².